The molecule has 0 aliphatic rings. The van der Waals surface area contributed by atoms with E-state index in [2.05, 4.69) is 34.9 Å². The molecule has 32 heavy (non-hydrogen) atoms. The van der Waals surface area contributed by atoms with E-state index in [4.69, 9.17) is 5.73 Å². The Labute approximate surface area is 187 Å². The monoisotopic (exact) mass is 449 g/mol. The molecule has 3 aromatic heterocycles. The van der Waals surface area contributed by atoms with E-state index in [1.165, 1.54) is 0 Å². The number of benzene rings is 1. The molecule has 4 rings (SSSR count). The van der Waals surface area contributed by atoms with Crippen molar-refractivity contribution in [2.45, 2.75) is 0 Å². The van der Waals surface area contributed by atoms with E-state index in [-0.39, 0.29) is 22.2 Å². The molecule has 0 radical (unpaired) electrons. The number of pyridine rings is 1. The quantitative estimate of drug-likeness (QED) is 0.412. The summed E-state index contributed by atoms with van der Waals surface area (Å²) in [6.45, 7) is 0. The summed E-state index contributed by atoms with van der Waals surface area (Å²) in [5.41, 5.74) is 9.91. The van der Waals surface area contributed by atoms with Gasteiger partial charge in [0.2, 0.25) is 0 Å². The van der Waals surface area contributed by atoms with E-state index < -0.39 is 5.91 Å². The Kier molecular flexibility index (Phi) is 5.82. The number of aromatic nitrogens is 5. The fraction of sp³-hybridized carbons (Fsp3) is 0.190. The fourth-order valence-electron chi connectivity index (χ4n) is 3.23. The van der Waals surface area contributed by atoms with Crippen LogP contribution in [0, 0.1) is 0 Å². The van der Waals surface area contributed by atoms with Gasteiger partial charge in [0.1, 0.15) is 11.2 Å². The number of imidazole rings is 1. The predicted octanol–water partition coefficient (Wildman–Crippen LogP) is 3.00. The number of hydrogen-bond donors (Lipinski definition) is 3. The normalized spacial score (nSPS) is 11.0. The van der Waals surface area contributed by atoms with Crippen LogP contribution < -0.4 is 16.4 Å². The van der Waals surface area contributed by atoms with Crippen LogP contribution >= 0.6 is 0 Å². The van der Waals surface area contributed by atoms with Gasteiger partial charge in [-0.2, -0.15) is 0 Å². The lowest BCUT2D eigenvalue weighted by molar-refractivity contribution is 0.0996. The Morgan fingerprint density at radius 3 is 2.53 bits per heavy atom. The molecule has 11 heteroatoms. The van der Waals surface area contributed by atoms with Gasteiger partial charge in [-0.3, -0.25) is 9.78 Å². The Bertz CT molecular complexity index is 1340. The van der Waals surface area contributed by atoms with Gasteiger partial charge in [0.15, 0.2) is 17.3 Å². The molecule has 4 aromatic rings. The zero-order valence-electron chi connectivity index (χ0n) is 18.1. The van der Waals surface area contributed by atoms with Gasteiger partial charge in [-0.05, 0) is 36.8 Å². The van der Waals surface area contributed by atoms with Crippen molar-refractivity contribution < 1.29 is 4.79 Å². The molecule has 164 valence electrons. The van der Waals surface area contributed by atoms with Gasteiger partial charge in [-0.15, -0.1) is 10.7 Å². The van der Waals surface area contributed by atoms with Gasteiger partial charge >= 0.3 is 0 Å². The fourth-order valence-corrected chi connectivity index (χ4v) is 3.77. The highest BCUT2D eigenvalue weighted by atomic mass is 32.2. The summed E-state index contributed by atoms with van der Waals surface area (Å²) in [7, 11) is 3.56. The average Bonchev–Trinajstić information content (AvgIpc) is 3.15. The number of nitrogens with one attached hydrogen (secondary N) is 2. The summed E-state index contributed by atoms with van der Waals surface area (Å²) in [4.78, 5) is 30.1. The Balaban J connectivity index is 1.80. The molecule has 0 unspecified atom stereocenters. The van der Waals surface area contributed by atoms with E-state index >= 15 is 0 Å². The lowest BCUT2D eigenvalue weighted by atomic mass is 10.1. The third kappa shape index (κ3) is 4.14. The first kappa shape index (κ1) is 21.4. The number of aryl methyl sites for hydroxylation is 1. The van der Waals surface area contributed by atoms with Crippen LogP contribution in [-0.4, -0.2) is 50.0 Å². The first-order valence-electron chi connectivity index (χ1n) is 9.69. The third-order valence-corrected chi connectivity index (χ3v) is 5.25. The van der Waals surface area contributed by atoms with Crippen LogP contribution in [0.2, 0.25) is 0 Å². The van der Waals surface area contributed by atoms with Gasteiger partial charge in [0, 0.05) is 26.0 Å². The highest BCUT2D eigenvalue weighted by molar-refractivity contribution is 7.85. The van der Waals surface area contributed by atoms with Crippen molar-refractivity contribution in [1.82, 2.24) is 24.5 Å². The number of primary amides is 1. The number of anilines is 3. The number of amides is 1. The van der Waals surface area contributed by atoms with Gasteiger partial charge < -0.3 is 20.9 Å². The van der Waals surface area contributed by atoms with Crippen molar-refractivity contribution in [2.24, 2.45) is 17.1 Å². The lowest BCUT2D eigenvalue weighted by Crippen LogP contribution is -2.18. The van der Waals surface area contributed by atoms with E-state index in [0.717, 1.165) is 16.9 Å². The van der Waals surface area contributed by atoms with Gasteiger partial charge in [0.25, 0.3) is 5.91 Å². The number of rotatable bonds is 6. The summed E-state index contributed by atoms with van der Waals surface area (Å²) in [6.07, 6.45) is 9.16. The Hall–Kier alpha value is -3.86. The molecule has 0 bridgehead atoms. The highest BCUT2D eigenvalue weighted by Crippen LogP contribution is 2.32. The number of nitrogens with zero attached hydrogens (tertiary/aromatic N) is 6. The van der Waals surface area contributed by atoms with Crippen molar-refractivity contribution in [3.63, 3.8) is 0 Å². The number of carbonyl (C=O) groups is 1. The van der Waals surface area contributed by atoms with Gasteiger partial charge in [0.05, 0.1) is 29.3 Å². The standard InChI is InChI=1S/C21H23N9OS/c1-23-20-17(14-9-24-10-15-16(14)25-11-30(15)2)27-18(19(22)31)21(28-20)26-12-5-7-13(8-6-12)29-32(3)4/h5-11H,1-4H3,(H2,22,31)(H2,23,26,28). The van der Waals surface area contributed by atoms with Crippen molar-refractivity contribution >= 4 is 50.6 Å². The Morgan fingerprint density at radius 2 is 1.88 bits per heavy atom. The topological polar surface area (TPSA) is 136 Å². The van der Waals surface area contributed by atoms with Crippen molar-refractivity contribution in [2.75, 3.05) is 30.2 Å². The molecule has 10 nitrogen and oxygen atoms in total. The van der Waals surface area contributed by atoms with Crippen LogP contribution in [0.25, 0.3) is 22.3 Å². The molecule has 0 spiro atoms. The zero-order valence-corrected chi connectivity index (χ0v) is 18.9. The molecule has 0 saturated carbocycles. The molecule has 0 aliphatic carbocycles. The molecule has 0 atom stereocenters. The minimum Gasteiger partial charge on any atom is -0.371 e. The summed E-state index contributed by atoms with van der Waals surface area (Å²) in [6, 6.07) is 7.52. The number of fused-ring (bicyclic) bond motifs is 1. The smallest absolute Gasteiger partial charge is 0.271 e. The molecular weight excluding hydrogens is 426 g/mol. The van der Waals surface area contributed by atoms with Crippen LogP contribution in [0.15, 0.2) is 47.3 Å². The van der Waals surface area contributed by atoms with Gasteiger partial charge in [-0.1, -0.05) is 0 Å². The van der Waals surface area contributed by atoms with Crippen LogP contribution in [-0.2, 0) is 17.7 Å². The van der Waals surface area contributed by atoms with Crippen LogP contribution in [0.1, 0.15) is 10.5 Å². The van der Waals surface area contributed by atoms with E-state index in [0.29, 0.717) is 22.6 Å². The van der Waals surface area contributed by atoms with Crippen LogP contribution in [0.4, 0.5) is 23.0 Å². The predicted molar refractivity (Wildman–Crippen MR) is 129 cm³/mol. The van der Waals surface area contributed by atoms with Gasteiger partial charge in [-0.25, -0.2) is 19.3 Å². The van der Waals surface area contributed by atoms with Crippen molar-refractivity contribution in [1.29, 1.82) is 0 Å². The van der Waals surface area contributed by atoms with Crippen molar-refractivity contribution in [3.05, 3.63) is 48.7 Å². The summed E-state index contributed by atoms with van der Waals surface area (Å²) in [5, 5.41) is 6.19. The van der Waals surface area contributed by atoms with Crippen LogP contribution in [0.3, 0.4) is 0 Å². The molecular formula is C21H23N9OS. The first-order chi connectivity index (χ1) is 15.4. The summed E-state index contributed by atoms with van der Waals surface area (Å²) < 4.78 is 6.39. The molecule has 3 heterocycles. The summed E-state index contributed by atoms with van der Waals surface area (Å²) >= 11 is 0. The average molecular weight is 450 g/mol. The SMILES string of the molecule is CNc1nc(Nc2ccc(N=S(C)C)cc2)c(C(N)=O)nc1-c1cncc2c1ncn2C. The molecule has 1 aromatic carbocycles. The third-order valence-electron chi connectivity index (χ3n) is 4.68. The minimum atomic E-state index is -0.697. The molecule has 4 N–H and O–H groups in total. The largest absolute Gasteiger partial charge is 0.371 e. The van der Waals surface area contributed by atoms with E-state index in [1.807, 2.05) is 48.4 Å². The maximum atomic E-state index is 12.2. The number of hydrogen-bond acceptors (Lipinski definition) is 8. The highest BCUT2D eigenvalue weighted by Gasteiger charge is 2.21. The second kappa shape index (κ2) is 8.71. The molecule has 0 fully saturated rings. The van der Waals surface area contributed by atoms with E-state index in [9.17, 15) is 4.79 Å². The first-order valence-corrected chi connectivity index (χ1v) is 11.7. The number of carbonyl (C=O) groups excluding carboxylic acids is 1. The summed E-state index contributed by atoms with van der Waals surface area (Å²) in [5.74, 6) is 0.0185. The van der Waals surface area contributed by atoms with Crippen molar-refractivity contribution in [3.8, 4) is 11.3 Å². The molecule has 1 amide bonds. The Morgan fingerprint density at radius 1 is 1.12 bits per heavy atom. The maximum absolute atomic E-state index is 12.2. The van der Waals surface area contributed by atoms with Crippen LogP contribution in [0.5, 0.6) is 0 Å². The zero-order chi connectivity index (χ0) is 22.8. The van der Waals surface area contributed by atoms with E-state index in [1.54, 1.807) is 25.8 Å². The second-order valence-corrected chi connectivity index (χ2v) is 8.91. The number of nitrogens with two attached hydrogens (primary N) is 1. The lowest BCUT2D eigenvalue weighted by Gasteiger charge is -2.14. The molecule has 0 saturated heterocycles. The minimum absolute atomic E-state index is 0.0179. The maximum Gasteiger partial charge on any atom is 0.271 e. The molecule has 0 aliphatic heterocycles. The second-order valence-electron chi connectivity index (χ2n) is 7.18.